The fourth-order valence-corrected chi connectivity index (χ4v) is 1.03. The molecule has 4 heteroatoms. The third kappa shape index (κ3) is 5.21. The zero-order chi connectivity index (χ0) is 10.4. The zero-order valence-electron chi connectivity index (χ0n) is 10.2. The van der Waals surface area contributed by atoms with Gasteiger partial charge in [0.2, 0.25) is 0 Å². The molecule has 3 nitrogen and oxygen atoms in total. The van der Waals surface area contributed by atoms with Crippen molar-refractivity contribution in [1.82, 2.24) is 0 Å². The van der Waals surface area contributed by atoms with E-state index in [2.05, 4.69) is 6.92 Å². The van der Waals surface area contributed by atoms with E-state index in [0.717, 1.165) is 18.6 Å². The van der Waals surface area contributed by atoms with Gasteiger partial charge in [0.05, 0.1) is 12.2 Å². The van der Waals surface area contributed by atoms with Gasteiger partial charge in [-0.25, -0.2) is 4.79 Å². The van der Waals surface area contributed by atoms with E-state index in [4.69, 9.17) is 9.84 Å². The van der Waals surface area contributed by atoms with Gasteiger partial charge < -0.3 is 11.3 Å². The summed E-state index contributed by atoms with van der Waals surface area (Å²) in [6.07, 6.45) is 2.11. The summed E-state index contributed by atoms with van der Waals surface area (Å²) < 4.78 is 5.39. The molecule has 15 heavy (non-hydrogen) atoms. The molecule has 0 aliphatic heterocycles. The Balaban J connectivity index is 0. The molecule has 1 rings (SSSR count). The number of hydrogen-bond donors (Lipinski definition) is 1. The Labute approximate surface area is 113 Å². The van der Waals surface area contributed by atoms with Crippen LogP contribution in [-0.4, -0.2) is 17.7 Å². The van der Waals surface area contributed by atoms with Gasteiger partial charge in [0.25, 0.3) is 0 Å². The summed E-state index contributed by atoms with van der Waals surface area (Å²) in [7, 11) is 0. The van der Waals surface area contributed by atoms with Crippen LogP contribution in [0.15, 0.2) is 24.3 Å². The summed E-state index contributed by atoms with van der Waals surface area (Å²) in [5, 5.41) is 8.65. The van der Waals surface area contributed by atoms with Gasteiger partial charge in [-0.15, -0.1) is 0 Å². The van der Waals surface area contributed by atoms with E-state index in [-0.39, 0.29) is 36.5 Å². The van der Waals surface area contributed by atoms with E-state index >= 15 is 0 Å². The van der Waals surface area contributed by atoms with E-state index in [0.29, 0.717) is 6.61 Å². The van der Waals surface area contributed by atoms with Gasteiger partial charge in [-0.1, -0.05) is 13.3 Å². The van der Waals surface area contributed by atoms with Crippen molar-refractivity contribution in [1.29, 1.82) is 0 Å². The zero-order valence-corrected chi connectivity index (χ0v) is 11.2. The van der Waals surface area contributed by atoms with Crippen molar-refractivity contribution >= 4 is 5.97 Å². The second-order valence-corrected chi connectivity index (χ2v) is 3.03. The number of unbranched alkanes of at least 4 members (excludes halogenated alkanes) is 1. The Hall–Kier alpha value is -0.510. The van der Waals surface area contributed by atoms with Crippen molar-refractivity contribution in [2.45, 2.75) is 19.8 Å². The Kier molecular flexibility index (Phi) is 7.48. The first-order valence-corrected chi connectivity index (χ1v) is 4.70. The maximum absolute atomic E-state index is 10.5. The van der Waals surface area contributed by atoms with Crippen LogP contribution in [0.3, 0.4) is 0 Å². The van der Waals surface area contributed by atoms with Gasteiger partial charge in [0.15, 0.2) is 0 Å². The molecule has 0 saturated heterocycles. The third-order valence-corrected chi connectivity index (χ3v) is 1.87. The molecule has 0 heterocycles. The second kappa shape index (κ2) is 7.74. The number of carboxylic acid groups (broad SMARTS) is 1. The summed E-state index contributed by atoms with van der Waals surface area (Å²) in [6.45, 7) is 2.78. The smallest absolute Gasteiger partial charge is 1.00 e. The number of hydrogen-bond acceptors (Lipinski definition) is 2. The summed E-state index contributed by atoms with van der Waals surface area (Å²) in [6, 6.07) is 6.45. The molecule has 0 saturated carbocycles. The van der Waals surface area contributed by atoms with Crippen LogP contribution in [0.2, 0.25) is 0 Å². The minimum atomic E-state index is -0.912. The molecule has 1 aromatic carbocycles. The van der Waals surface area contributed by atoms with Crippen molar-refractivity contribution in [3.63, 3.8) is 0 Å². The van der Waals surface area contributed by atoms with Crippen molar-refractivity contribution in [2.24, 2.45) is 0 Å². The molecule has 0 radical (unpaired) electrons. The fourth-order valence-electron chi connectivity index (χ4n) is 1.03. The Morgan fingerprint density at radius 3 is 2.47 bits per heavy atom. The molecule has 0 aromatic heterocycles. The molecule has 0 aliphatic carbocycles. The molecule has 0 bridgehead atoms. The molecule has 0 aliphatic rings. The molecule has 0 unspecified atom stereocenters. The van der Waals surface area contributed by atoms with E-state index in [1.54, 1.807) is 24.3 Å². The molecule has 1 aromatic rings. The maximum atomic E-state index is 10.5. The minimum absolute atomic E-state index is 0. The van der Waals surface area contributed by atoms with Crippen LogP contribution >= 0.6 is 0 Å². The van der Waals surface area contributed by atoms with Gasteiger partial charge in [0.1, 0.15) is 5.75 Å². The van der Waals surface area contributed by atoms with Crippen LogP contribution in [-0.2, 0) is 0 Å². The summed E-state index contributed by atoms with van der Waals surface area (Å²) in [5.41, 5.74) is 0.285. The first-order chi connectivity index (χ1) is 6.74. The number of aromatic carboxylic acids is 1. The Morgan fingerprint density at radius 2 is 2.00 bits per heavy atom. The van der Waals surface area contributed by atoms with E-state index in [1.807, 2.05) is 0 Å². The first kappa shape index (κ1) is 14.5. The van der Waals surface area contributed by atoms with E-state index < -0.39 is 5.97 Å². The number of rotatable bonds is 5. The van der Waals surface area contributed by atoms with Crippen LogP contribution < -0.4 is 34.3 Å². The largest absolute Gasteiger partial charge is 1.00 e. The van der Waals surface area contributed by atoms with Crippen molar-refractivity contribution in [3.05, 3.63) is 29.8 Å². The molecule has 1 N–H and O–H groups in total. The molecule has 78 valence electrons. The fraction of sp³-hybridized carbons (Fsp3) is 0.364. The molecule has 0 fully saturated rings. The van der Waals surface area contributed by atoms with E-state index in [1.165, 1.54) is 0 Å². The van der Waals surface area contributed by atoms with Crippen LogP contribution in [0.5, 0.6) is 5.75 Å². The molecular formula is C11H15NaO3. The van der Waals surface area contributed by atoms with Crippen molar-refractivity contribution < 1.29 is 45.6 Å². The number of carbonyl (C=O) groups is 1. The van der Waals surface area contributed by atoms with Gasteiger partial charge >= 0.3 is 35.5 Å². The average molecular weight is 218 g/mol. The van der Waals surface area contributed by atoms with Gasteiger partial charge in [-0.05, 0) is 30.7 Å². The van der Waals surface area contributed by atoms with Crippen LogP contribution in [0.25, 0.3) is 0 Å². The van der Waals surface area contributed by atoms with Crippen molar-refractivity contribution in [3.8, 4) is 5.75 Å². The second-order valence-electron chi connectivity index (χ2n) is 3.03. The van der Waals surface area contributed by atoms with E-state index in [9.17, 15) is 4.79 Å². The predicted octanol–water partition coefficient (Wildman–Crippen LogP) is -0.320. The third-order valence-electron chi connectivity index (χ3n) is 1.87. The monoisotopic (exact) mass is 218 g/mol. The molecule has 0 atom stereocenters. The molecule has 0 amide bonds. The van der Waals surface area contributed by atoms with Gasteiger partial charge in [-0.2, -0.15) is 0 Å². The Morgan fingerprint density at radius 1 is 1.40 bits per heavy atom. The normalized spacial score (nSPS) is 9.13. The van der Waals surface area contributed by atoms with Crippen LogP contribution in [0, 0.1) is 0 Å². The standard InChI is InChI=1S/C11H14O3.Na.H/c1-2-3-8-14-10-6-4-9(5-7-10)11(12)13;;/h4-7H,2-3,8H2,1H3,(H,12,13);;/q;+1;-1. The quantitative estimate of drug-likeness (QED) is 0.544. The predicted molar refractivity (Wildman–Crippen MR) is 54.9 cm³/mol. The van der Waals surface area contributed by atoms with Crippen LogP contribution in [0.1, 0.15) is 31.6 Å². The maximum Gasteiger partial charge on any atom is 1.00 e. The SMILES string of the molecule is CCCCOc1ccc(C(=O)O)cc1.[H-].[Na+]. The average Bonchev–Trinajstić information content (AvgIpc) is 2.19. The first-order valence-electron chi connectivity index (χ1n) is 4.70. The van der Waals surface area contributed by atoms with Gasteiger partial charge in [0, 0.05) is 0 Å². The topological polar surface area (TPSA) is 46.5 Å². The number of benzene rings is 1. The number of ether oxygens (including phenoxy) is 1. The summed E-state index contributed by atoms with van der Waals surface area (Å²) >= 11 is 0. The molecular weight excluding hydrogens is 203 g/mol. The summed E-state index contributed by atoms with van der Waals surface area (Å²) in [5.74, 6) is -0.187. The van der Waals surface area contributed by atoms with Crippen LogP contribution in [0.4, 0.5) is 0 Å². The molecule has 0 spiro atoms. The Bertz CT molecular complexity index is 301. The van der Waals surface area contributed by atoms with Crippen molar-refractivity contribution in [2.75, 3.05) is 6.61 Å². The minimum Gasteiger partial charge on any atom is -1.00 e. The summed E-state index contributed by atoms with van der Waals surface area (Å²) in [4.78, 5) is 10.5. The number of carboxylic acids is 1. The van der Waals surface area contributed by atoms with Gasteiger partial charge in [-0.3, -0.25) is 0 Å².